The highest BCUT2D eigenvalue weighted by molar-refractivity contribution is 7.99. The molecule has 33 heavy (non-hydrogen) atoms. The number of nitrogens with two attached hydrogens (primary N) is 1. The van der Waals surface area contributed by atoms with E-state index in [9.17, 15) is 9.18 Å². The Morgan fingerprint density at radius 2 is 1.79 bits per heavy atom. The molecule has 3 aromatic rings. The highest BCUT2D eigenvalue weighted by atomic mass is 32.2. The van der Waals surface area contributed by atoms with Crippen LogP contribution in [0, 0.1) is 5.82 Å². The number of ether oxygens (including phenoxy) is 1. The standard InChI is InChI=1S/C23H27FN6O2S/c24-19-7-3-4-8-20(19)32-15-21-27-28-23(30(21)25)33-16-22(31)26-17-9-11-18(12-10-17)29-13-5-1-2-6-14-29/h3-4,7-12H,1-2,5-6,13-16,25H2,(H,26,31). The summed E-state index contributed by atoms with van der Waals surface area (Å²) in [6.07, 6.45) is 5.02. The van der Waals surface area contributed by atoms with E-state index in [0.717, 1.165) is 30.5 Å². The lowest BCUT2D eigenvalue weighted by molar-refractivity contribution is -0.113. The smallest absolute Gasteiger partial charge is 0.234 e. The maximum Gasteiger partial charge on any atom is 0.234 e. The summed E-state index contributed by atoms with van der Waals surface area (Å²) in [6, 6.07) is 14.0. The molecule has 0 aliphatic carbocycles. The maximum atomic E-state index is 13.7. The molecular weight excluding hydrogens is 443 g/mol. The summed E-state index contributed by atoms with van der Waals surface area (Å²) in [5, 5.41) is 11.2. The van der Waals surface area contributed by atoms with E-state index in [2.05, 4.69) is 20.4 Å². The van der Waals surface area contributed by atoms with Crippen molar-refractivity contribution in [2.24, 2.45) is 0 Å². The molecule has 0 spiro atoms. The van der Waals surface area contributed by atoms with Crippen LogP contribution >= 0.6 is 11.8 Å². The van der Waals surface area contributed by atoms with Gasteiger partial charge >= 0.3 is 0 Å². The van der Waals surface area contributed by atoms with Crippen molar-refractivity contribution in [3.05, 3.63) is 60.2 Å². The Balaban J connectivity index is 1.26. The number of nitrogens with one attached hydrogen (secondary N) is 1. The second-order valence-corrected chi connectivity index (χ2v) is 8.72. The highest BCUT2D eigenvalue weighted by Crippen LogP contribution is 2.22. The van der Waals surface area contributed by atoms with Gasteiger partial charge in [0.15, 0.2) is 17.4 Å². The van der Waals surface area contributed by atoms with Crippen molar-refractivity contribution in [2.75, 3.05) is 34.9 Å². The van der Waals surface area contributed by atoms with Crippen LogP contribution in [-0.2, 0) is 11.4 Å². The fourth-order valence-corrected chi connectivity index (χ4v) is 4.30. The van der Waals surface area contributed by atoms with Gasteiger partial charge < -0.3 is 20.8 Å². The van der Waals surface area contributed by atoms with Crippen molar-refractivity contribution >= 4 is 29.0 Å². The number of rotatable bonds is 8. The van der Waals surface area contributed by atoms with E-state index < -0.39 is 5.82 Å². The number of para-hydroxylation sites is 1. The Morgan fingerprint density at radius 1 is 1.06 bits per heavy atom. The normalized spacial score (nSPS) is 14.0. The first-order valence-corrected chi connectivity index (χ1v) is 11.9. The van der Waals surface area contributed by atoms with Gasteiger partial charge in [-0.1, -0.05) is 36.7 Å². The summed E-state index contributed by atoms with van der Waals surface area (Å²) >= 11 is 1.16. The van der Waals surface area contributed by atoms with Crippen molar-refractivity contribution in [3.63, 3.8) is 0 Å². The van der Waals surface area contributed by atoms with Crippen LogP contribution in [0.3, 0.4) is 0 Å². The Bertz CT molecular complexity index is 1070. The number of carbonyl (C=O) groups is 1. The minimum Gasteiger partial charge on any atom is -0.482 e. The minimum absolute atomic E-state index is 0.0411. The largest absolute Gasteiger partial charge is 0.482 e. The van der Waals surface area contributed by atoms with E-state index in [0.29, 0.717) is 11.0 Å². The average molecular weight is 471 g/mol. The molecule has 10 heteroatoms. The summed E-state index contributed by atoms with van der Waals surface area (Å²) in [7, 11) is 0. The molecule has 8 nitrogen and oxygen atoms in total. The van der Waals surface area contributed by atoms with Crippen molar-refractivity contribution < 1.29 is 13.9 Å². The summed E-state index contributed by atoms with van der Waals surface area (Å²) in [5.74, 6) is 5.92. The zero-order valence-corrected chi connectivity index (χ0v) is 19.1. The van der Waals surface area contributed by atoms with E-state index >= 15 is 0 Å². The Labute approximate surface area is 196 Å². The molecule has 174 valence electrons. The molecule has 1 amide bonds. The van der Waals surface area contributed by atoms with Crippen LogP contribution in [0.15, 0.2) is 53.7 Å². The fraction of sp³-hybridized carbons (Fsp3) is 0.348. The van der Waals surface area contributed by atoms with E-state index in [1.165, 1.54) is 48.2 Å². The van der Waals surface area contributed by atoms with E-state index in [-0.39, 0.29) is 24.0 Å². The molecule has 1 aliphatic rings. The molecular formula is C23H27FN6O2S. The van der Waals surface area contributed by atoms with Gasteiger partial charge in [-0.2, -0.15) is 0 Å². The van der Waals surface area contributed by atoms with Crippen LogP contribution in [-0.4, -0.2) is 39.6 Å². The Morgan fingerprint density at radius 3 is 2.52 bits per heavy atom. The molecule has 0 bridgehead atoms. The van der Waals surface area contributed by atoms with Crippen LogP contribution < -0.4 is 20.8 Å². The summed E-state index contributed by atoms with van der Waals surface area (Å²) < 4.78 is 20.3. The molecule has 2 aromatic carbocycles. The number of benzene rings is 2. The number of thioether (sulfide) groups is 1. The quantitative estimate of drug-likeness (QED) is 0.381. The van der Waals surface area contributed by atoms with E-state index in [4.69, 9.17) is 10.6 Å². The van der Waals surface area contributed by atoms with Crippen LogP contribution in [0.4, 0.5) is 15.8 Å². The molecule has 0 saturated carbocycles. The molecule has 3 N–H and O–H groups in total. The third kappa shape index (κ3) is 6.16. The third-order valence-corrected chi connectivity index (χ3v) is 6.33. The van der Waals surface area contributed by atoms with Gasteiger partial charge in [0.2, 0.25) is 11.1 Å². The van der Waals surface area contributed by atoms with Crippen molar-refractivity contribution in [1.29, 1.82) is 0 Å². The third-order valence-electron chi connectivity index (χ3n) is 5.38. The first-order chi connectivity index (χ1) is 16.1. The molecule has 4 rings (SSSR count). The van der Waals surface area contributed by atoms with Gasteiger partial charge in [-0.25, -0.2) is 9.07 Å². The zero-order chi connectivity index (χ0) is 23.0. The van der Waals surface area contributed by atoms with Gasteiger partial charge in [0.05, 0.1) is 5.75 Å². The van der Waals surface area contributed by atoms with Crippen molar-refractivity contribution in [2.45, 2.75) is 37.4 Å². The highest BCUT2D eigenvalue weighted by Gasteiger charge is 2.14. The summed E-state index contributed by atoms with van der Waals surface area (Å²) in [5.41, 5.74) is 1.93. The lowest BCUT2D eigenvalue weighted by atomic mass is 10.2. The summed E-state index contributed by atoms with van der Waals surface area (Å²) in [6.45, 7) is 2.12. The number of aromatic nitrogens is 3. The number of nitrogens with zero attached hydrogens (tertiary/aromatic N) is 4. The molecule has 1 fully saturated rings. The number of hydrogen-bond donors (Lipinski definition) is 2. The van der Waals surface area contributed by atoms with Gasteiger partial charge in [0.25, 0.3) is 0 Å². The molecule has 2 heterocycles. The molecule has 0 unspecified atom stereocenters. The van der Waals surface area contributed by atoms with Crippen molar-refractivity contribution in [3.8, 4) is 5.75 Å². The van der Waals surface area contributed by atoms with E-state index in [1.54, 1.807) is 12.1 Å². The second-order valence-electron chi connectivity index (χ2n) is 7.77. The monoisotopic (exact) mass is 470 g/mol. The number of carbonyl (C=O) groups excluding carboxylic acids is 1. The predicted octanol–water partition coefficient (Wildman–Crippen LogP) is 3.82. The first-order valence-electron chi connectivity index (χ1n) is 10.9. The van der Waals surface area contributed by atoms with Gasteiger partial charge in [-0.05, 0) is 49.2 Å². The maximum absolute atomic E-state index is 13.7. The van der Waals surface area contributed by atoms with Crippen molar-refractivity contribution in [1.82, 2.24) is 14.9 Å². The number of nitrogen functional groups attached to an aromatic ring is 1. The van der Waals surface area contributed by atoms with Gasteiger partial charge in [0.1, 0.15) is 6.61 Å². The van der Waals surface area contributed by atoms with Gasteiger partial charge in [-0.3, -0.25) is 4.79 Å². The molecule has 1 aliphatic heterocycles. The predicted molar refractivity (Wildman–Crippen MR) is 127 cm³/mol. The Hall–Kier alpha value is -3.27. The lowest BCUT2D eigenvalue weighted by Gasteiger charge is -2.22. The Kier molecular flexibility index (Phi) is 7.66. The topological polar surface area (TPSA) is 98.3 Å². The zero-order valence-electron chi connectivity index (χ0n) is 18.2. The molecule has 0 atom stereocenters. The second kappa shape index (κ2) is 11.0. The molecule has 0 radical (unpaired) electrons. The fourth-order valence-electron chi connectivity index (χ4n) is 3.62. The van der Waals surface area contributed by atoms with Gasteiger partial charge in [0, 0.05) is 24.5 Å². The van der Waals surface area contributed by atoms with Crippen LogP contribution in [0.2, 0.25) is 0 Å². The molecule has 1 saturated heterocycles. The average Bonchev–Trinajstić information content (AvgIpc) is 3.00. The molecule has 1 aromatic heterocycles. The van der Waals surface area contributed by atoms with Crippen LogP contribution in [0.25, 0.3) is 0 Å². The lowest BCUT2D eigenvalue weighted by Crippen LogP contribution is -2.23. The number of hydrogen-bond acceptors (Lipinski definition) is 7. The summed E-state index contributed by atoms with van der Waals surface area (Å²) in [4.78, 5) is 14.8. The van der Waals surface area contributed by atoms with Crippen LogP contribution in [0.5, 0.6) is 5.75 Å². The number of amides is 1. The van der Waals surface area contributed by atoms with Gasteiger partial charge in [-0.15, -0.1) is 10.2 Å². The van der Waals surface area contributed by atoms with E-state index in [1.807, 2.05) is 24.3 Å². The number of halogens is 1. The number of anilines is 2. The minimum atomic E-state index is -0.466. The SMILES string of the molecule is Nn1c(COc2ccccc2F)nnc1SCC(=O)Nc1ccc(N2CCCCCC2)cc1. The van der Waals surface area contributed by atoms with Crippen LogP contribution in [0.1, 0.15) is 31.5 Å². The first kappa shape index (κ1) is 22.9.